The molecule has 13 atom stereocenters. The van der Waals surface area contributed by atoms with Crippen LogP contribution in [0.25, 0.3) is 0 Å². The average Bonchev–Trinajstić information content (AvgIpc) is 1.73. The number of aliphatic carboxylic acids is 7. The molecule has 3 rings (SSSR count). The number of carboxylic acid groups (broad SMARTS) is 7. The summed E-state index contributed by atoms with van der Waals surface area (Å²) in [6.07, 6.45) is -11.0. The first-order chi connectivity index (χ1) is 55.7. The summed E-state index contributed by atoms with van der Waals surface area (Å²) >= 11 is 0. The molecule has 1 aliphatic rings. The first-order valence-electron chi connectivity index (χ1n) is 37.2. The van der Waals surface area contributed by atoms with Gasteiger partial charge in [0.1, 0.15) is 78.3 Å². The zero-order chi connectivity index (χ0) is 89.7. The first-order valence-corrected chi connectivity index (χ1v) is 38.5. The lowest BCUT2D eigenvalue weighted by molar-refractivity contribution is -0.144. The quantitative estimate of drug-likeness (QED) is 0.0276. The van der Waals surface area contributed by atoms with Gasteiger partial charge in [-0.3, -0.25) is 100 Å². The van der Waals surface area contributed by atoms with Gasteiger partial charge in [0.05, 0.1) is 19.4 Å². The molecule has 22 N–H and O–H groups in total. The molecular weight excluding hydrogens is 1600 g/mol. The molecule has 1 aliphatic heterocycles. The lowest BCUT2D eigenvalue weighted by Gasteiger charge is -2.33. The van der Waals surface area contributed by atoms with Crippen molar-refractivity contribution in [2.45, 2.75) is 223 Å². The van der Waals surface area contributed by atoms with Gasteiger partial charge in [0.2, 0.25) is 82.7 Å². The van der Waals surface area contributed by atoms with Gasteiger partial charge in [-0.2, -0.15) is 8.42 Å². The van der Waals surface area contributed by atoms with E-state index >= 15 is 0 Å². The Balaban J connectivity index is 2.02. The van der Waals surface area contributed by atoms with E-state index in [4.69, 9.17) is 5.73 Å². The second-order valence-corrected chi connectivity index (χ2v) is 29.1. The van der Waals surface area contributed by atoms with Gasteiger partial charge in [-0.15, -0.1) is 0 Å². The Morgan fingerprint density at radius 3 is 1.26 bits per heavy atom. The number of hydrogen-bond acceptors (Lipinski definition) is 24. The highest BCUT2D eigenvalue weighted by Crippen LogP contribution is 2.24. The van der Waals surface area contributed by atoms with Gasteiger partial charge in [0.25, 0.3) is 0 Å². The van der Waals surface area contributed by atoms with Crippen LogP contribution in [-0.2, 0) is 124 Å². The molecule has 2 aromatic rings. The van der Waals surface area contributed by atoms with Crippen LogP contribution >= 0.6 is 0 Å². The molecule has 0 aliphatic carbocycles. The minimum absolute atomic E-state index is 0.0491. The highest BCUT2D eigenvalue weighted by Gasteiger charge is 2.43. The molecule has 1 fully saturated rings. The number of carbonyl (C=O) groups is 21. The van der Waals surface area contributed by atoms with Crippen LogP contribution in [0, 0.1) is 11.8 Å². The van der Waals surface area contributed by atoms with Gasteiger partial charge in [-0.1, -0.05) is 76.6 Å². The molecule has 119 heavy (non-hydrogen) atoms. The largest absolute Gasteiger partial charge is 0.481 e. The van der Waals surface area contributed by atoms with Gasteiger partial charge in [0, 0.05) is 58.4 Å². The van der Waals surface area contributed by atoms with E-state index in [1.807, 2.05) is 5.32 Å². The highest BCUT2D eigenvalue weighted by molar-refractivity contribution is 7.81. The molecule has 46 nitrogen and oxygen atoms in total. The molecule has 0 spiro atoms. The Labute approximate surface area is 679 Å². The highest BCUT2D eigenvalue weighted by atomic mass is 32.3. The van der Waals surface area contributed by atoms with E-state index < -0.39 is 321 Å². The SMILES string of the molecule is CC[C@@H](C)[C@H](NC(=O)[C@H](CCC(=O)O)NC(=O)[C@H](CCC(=O)O)NC(=O)[C@H](Cc1ccccc1)NC(=O)[C@H](CC(=O)O)NC(=O)CNC(=O)[C@H](CC(=O)O)NC(C)=O)C(=O)N1CCC[C@H]1C(=O)N[C@@H](CCC(=O)O)C(=O)N[C@@H](CCC(=O)O)C(=O)N[C@@H](Cc1ccc(OS(=O)(=O)O)cc1)C(=O)N[C@@H](CC(C)C)C(=O)N[C@@H](CCC(N)=O)C(=O)O. The van der Waals surface area contributed by atoms with Crippen molar-refractivity contribution in [3.8, 4) is 5.75 Å². The normalized spacial score (nSPS) is 15.4. The predicted molar refractivity (Wildman–Crippen MR) is 404 cm³/mol. The summed E-state index contributed by atoms with van der Waals surface area (Å²) in [6.45, 7) is 5.98. The van der Waals surface area contributed by atoms with Crippen LogP contribution in [0.4, 0.5) is 0 Å². The van der Waals surface area contributed by atoms with E-state index in [0.717, 1.165) is 24.0 Å². The molecular formula is C72H100N14O32S. The lowest BCUT2D eigenvalue weighted by atomic mass is 9.96. The molecule has 656 valence electrons. The summed E-state index contributed by atoms with van der Waals surface area (Å²) in [5, 5.41) is 95.1. The Kier molecular flexibility index (Phi) is 41.4. The Morgan fingerprint density at radius 2 is 0.849 bits per heavy atom. The van der Waals surface area contributed by atoms with Crippen molar-refractivity contribution in [3.63, 3.8) is 0 Å². The number of primary amides is 1. The second-order valence-electron chi connectivity index (χ2n) is 28.1. The summed E-state index contributed by atoms with van der Waals surface area (Å²) in [6, 6.07) is -9.91. The monoisotopic (exact) mass is 1700 g/mol. The summed E-state index contributed by atoms with van der Waals surface area (Å²) in [5.74, 6) is -29.2. The fourth-order valence-corrected chi connectivity index (χ4v) is 12.2. The number of nitrogens with two attached hydrogens (primary N) is 1. The van der Waals surface area contributed by atoms with E-state index in [1.54, 1.807) is 26.8 Å². The number of amides is 14. The Bertz CT molecular complexity index is 4140. The van der Waals surface area contributed by atoms with Crippen molar-refractivity contribution in [1.29, 1.82) is 0 Å². The van der Waals surface area contributed by atoms with Crippen LogP contribution in [0.2, 0.25) is 0 Å². The average molecular weight is 1710 g/mol. The van der Waals surface area contributed by atoms with Crippen molar-refractivity contribution in [1.82, 2.24) is 68.7 Å². The molecule has 14 amide bonds. The summed E-state index contributed by atoms with van der Waals surface area (Å²) in [7, 11) is -5.05. The number of carboxylic acids is 7. The van der Waals surface area contributed by atoms with E-state index in [0.29, 0.717) is 5.56 Å². The number of nitrogens with one attached hydrogen (secondary N) is 12. The van der Waals surface area contributed by atoms with Crippen LogP contribution in [-0.4, -0.2) is 264 Å². The van der Waals surface area contributed by atoms with Crippen LogP contribution in [0.15, 0.2) is 54.6 Å². The fourth-order valence-electron chi connectivity index (χ4n) is 11.8. The van der Waals surface area contributed by atoms with Crippen molar-refractivity contribution < 1.29 is 154 Å². The topological polar surface area (TPSA) is 737 Å². The number of likely N-dealkylation sites (tertiary alicyclic amines) is 1. The van der Waals surface area contributed by atoms with E-state index in [-0.39, 0.29) is 37.8 Å². The van der Waals surface area contributed by atoms with Crippen LogP contribution in [0.1, 0.15) is 148 Å². The smallest absolute Gasteiger partial charge is 0.446 e. The number of carbonyl (C=O) groups excluding carboxylic acids is 14. The molecule has 1 heterocycles. The van der Waals surface area contributed by atoms with Gasteiger partial charge in [-0.05, 0) is 86.5 Å². The van der Waals surface area contributed by atoms with Crippen LogP contribution < -0.4 is 73.7 Å². The summed E-state index contributed by atoms with van der Waals surface area (Å²) in [4.78, 5) is 278. The van der Waals surface area contributed by atoms with E-state index in [9.17, 15) is 149 Å². The third-order valence-corrected chi connectivity index (χ3v) is 18.4. The second kappa shape index (κ2) is 49.2. The van der Waals surface area contributed by atoms with Crippen molar-refractivity contribution in [2.75, 3.05) is 13.1 Å². The molecule has 0 unspecified atom stereocenters. The fraction of sp³-hybridized carbons (Fsp3) is 0.542. The third-order valence-electron chi connectivity index (χ3n) is 18.0. The summed E-state index contributed by atoms with van der Waals surface area (Å²) < 4.78 is 36.6. The zero-order valence-electron chi connectivity index (χ0n) is 65.2. The van der Waals surface area contributed by atoms with Gasteiger partial charge in [0.15, 0.2) is 0 Å². The van der Waals surface area contributed by atoms with Crippen LogP contribution in [0.5, 0.6) is 5.75 Å². The minimum Gasteiger partial charge on any atom is -0.481 e. The first kappa shape index (κ1) is 100. The van der Waals surface area contributed by atoms with E-state index in [2.05, 4.69) is 62.7 Å². The maximum Gasteiger partial charge on any atom is 0.446 e. The predicted octanol–water partition coefficient (Wildman–Crippen LogP) is -5.04. The van der Waals surface area contributed by atoms with Crippen molar-refractivity contribution in [3.05, 3.63) is 65.7 Å². The number of hydrogen-bond donors (Lipinski definition) is 21. The molecule has 1 saturated heterocycles. The van der Waals surface area contributed by atoms with Crippen molar-refractivity contribution >= 4 is 135 Å². The summed E-state index contributed by atoms with van der Waals surface area (Å²) in [5.41, 5.74) is 5.58. The van der Waals surface area contributed by atoms with E-state index in [1.165, 1.54) is 43.3 Å². The van der Waals surface area contributed by atoms with Gasteiger partial charge in [-0.25, -0.2) is 4.79 Å². The number of rotatable bonds is 54. The maximum absolute atomic E-state index is 14.9. The minimum atomic E-state index is -5.05. The molecule has 2 aromatic carbocycles. The molecule has 47 heteroatoms. The molecule has 0 bridgehead atoms. The Morgan fingerprint density at radius 1 is 0.462 bits per heavy atom. The number of benzene rings is 2. The molecule has 0 aromatic heterocycles. The lowest BCUT2D eigenvalue weighted by Crippen LogP contribution is -2.61. The third kappa shape index (κ3) is 37.7. The maximum atomic E-state index is 14.9. The number of nitrogens with zero attached hydrogens (tertiary/aromatic N) is 1. The standard InChI is InChI=1S/C72H100N14O32S/c1-6-36(4)60(85-65(106)44(22-27-57(96)97)78-62(103)41(19-24-54(90)91)79-67(108)47(30-38-11-8-7-9-12-38)84-69(110)50(33-59(100)101)76-53(89)34-74-61(102)49(32-58(98)99)75-37(5)87)71(112)86-28-10-13-51(86)70(111)80-43(21-26-56(94)95)63(104)77-42(20-25-55(92)93)64(105)83-48(31-39-14-16-40(17-15-39)118-119(115,116)117)68(109)82-46(29-35(2)3)66(107)81-45(72(113)114)18-23-52(73)88/h7-9,11-12,14-17,35-36,41-51,60H,6,10,13,18-34H2,1-5H3,(H2,73,88)(H,74,102)(H,75,87)(H,76,89)(H,77,104)(H,78,103)(H,79,108)(H,80,111)(H,81,107)(H,82,109)(H,83,105)(H,84,110)(H,85,106)(H,90,91)(H,92,93)(H,94,95)(H,96,97)(H,98,99)(H,100,101)(H,113,114)(H,115,116,117)/t36-,41+,42+,43+,44+,45+,46+,47+,48+,49+,50+,51+,60+/m1/s1. The molecule has 0 saturated carbocycles. The van der Waals surface area contributed by atoms with Crippen molar-refractivity contribution in [2.24, 2.45) is 17.6 Å². The Hall–Kier alpha value is -13.0. The zero-order valence-corrected chi connectivity index (χ0v) is 66.0. The van der Waals surface area contributed by atoms with Gasteiger partial charge >= 0.3 is 52.2 Å². The van der Waals surface area contributed by atoms with Crippen LogP contribution in [0.3, 0.4) is 0 Å². The molecule has 0 radical (unpaired) electrons. The van der Waals surface area contributed by atoms with Gasteiger partial charge < -0.3 is 114 Å².